The molecule has 0 aliphatic carbocycles. The maximum absolute atomic E-state index is 13.2. The number of allylic oxidation sites excluding steroid dienone is 9. The fraction of sp³-hybridized carbons (Fsp3) is 0.608. The summed E-state index contributed by atoms with van der Waals surface area (Å²) in [7, 11) is 0.500. The van der Waals surface area contributed by atoms with Crippen molar-refractivity contribution in [3.63, 3.8) is 0 Å². The van der Waals surface area contributed by atoms with Gasteiger partial charge in [0.2, 0.25) is 61.3 Å². The van der Waals surface area contributed by atoms with E-state index in [2.05, 4.69) is 39.5 Å². The molecule has 0 N–H and O–H groups in total. The lowest BCUT2D eigenvalue weighted by Gasteiger charge is -2.36. The standard InChI is InChI=1S/C8F16.C5H5F5.C4H4F4.2C3H2F4.C3H3F3.C3H4F2.3C2H2F4.C2H3F.2C2H4.CF4.8CH2F2.CH3F/c9-2(5(13,14)15)1(4(11,12)8(22,23)24)3(10,6(16,17)18)7(19,20)21;1-3(6)4(7)2-5(8,9)10;1-3(2-5)4(6,7)8;2*1-2(4)3(5,6)7;1-2-3(4,5)6;1-3(5)2-4;3*3-1-2(4,5)6;1-2-3;2*1-2;2-1(3,4)5;8*2-1-3;1-2/h;2H2,1H3;2H,1H3;2*1H2;2H,1H2;2H,1H3;3*1H2;2H,1H2;2*1-2H2;;8*1H2;1H3/b2-1+;4-3-;;;;;;;;;;;;;;;;;;;;;. The van der Waals surface area contributed by atoms with Gasteiger partial charge >= 0.3 is 92.1 Å². The molecule has 0 heterocycles. The average molecular weight is 2040 g/mol. The smallest absolute Gasteiger partial charge is 0.255 e. The number of rotatable bonds is 3. The van der Waals surface area contributed by atoms with Crippen molar-refractivity contribution in [2.45, 2.75) is 119 Å². The molecule has 0 saturated heterocycles. The predicted molar refractivity (Wildman–Crippen MR) is 293 cm³/mol. The number of hydrogen-bond acceptors (Lipinski definition) is 0. The zero-order valence-corrected chi connectivity index (χ0v) is 59.2. The molecule has 764 valence electrons. The van der Waals surface area contributed by atoms with Crippen molar-refractivity contribution in [2.75, 3.05) is 82.6 Å². The first-order valence-corrected chi connectivity index (χ1v) is 24.8. The predicted octanol–water partition coefficient (Wildman–Crippen LogP) is 35.3. The third-order valence-corrected chi connectivity index (χ3v) is 5.06. The lowest BCUT2D eigenvalue weighted by molar-refractivity contribution is -0.348. The van der Waals surface area contributed by atoms with E-state index in [9.17, 15) is 316 Å². The van der Waals surface area contributed by atoms with Crippen LogP contribution in [0.5, 0.6) is 0 Å². The van der Waals surface area contributed by atoms with Crippen molar-refractivity contribution >= 4 is 0 Å². The van der Waals surface area contributed by atoms with Gasteiger partial charge in [-0.05, 0) is 20.8 Å². The largest absolute Gasteiger partial charge is 0.559 e. The minimum absolute atomic E-state index is 0.0625. The Kier molecular flexibility index (Phi) is 141. The highest BCUT2D eigenvalue weighted by molar-refractivity contribution is 5.36. The second-order valence-corrected chi connectivity index (χ2v) is 13.8. The van der Waals surface area contributed by atoms with Crippen molar-refractivity contribution in [1.29, 1.82) is 0 Å². The first-order valence-electron chi connectivity index (χ1n) is 24.8. The van der Waals surface area contributed by atoms with E-state index in [1.165, 1.54) is 0 Å². The second kappa shape index (κ2) is 98.2. The molecule has 0 bridgehead atoms. The average Bonchev–Trinajstić information content (AvgIpc) is 0.713. The summed E-state index contributed by atoms with van der Waals surface area (Å²) in [6, 6.07) is 0. The van der Waals surface area contributed by atoms with Gasteiger partial charge < -0.3 is 0 Å². The van der Waals surface area contributed by atoms with Crippen LogP contribution in [0.3, 0.4) is 0 Å². The molecule has 0 aliphatic heterocycles. The Morgan fingerprint density at radius 1 is 0.293 bits per heavy atom. The van der Waals surface area contributed by atoms with Crippen LogP contribution in [0.25, 0.3) is 0 Å². The molecule has 123 heavy (non-hydrogen) atoms. The SMILES string of the molecule is C/C(F)=C(/F)CC(F)(F)F.C=C.C=C.C=C(F)C(F)(F)F.C=C(F)C(F)(F)F.C=CC(F)(F)F.C=CF.CC(=CF)C(F)(F)F.CC(F)=CF.CF.F/C(=C(/C(F)(F)C(F)(F)F)C(F)(C(F)(F)F)C(F)(F)F)C(F)(F)F.FC(F)(F)F.FCC(F)(F)F.FCC(F)(F)F.FCC(F)(F)F.FCF.FCF.FCF.FCF.FCF.FCF.FCF.FCF. The zero-order valence-electron chi connectivity index (χ0n) is 59.2. The van der Waals surface area contributed by atoms with Crippen molar-refractivity contribution in [3.8, 4) is 0 Å². The summed E-state index contributed by atoms with van der Waals surface area (Å²) >= 11 is 0. The van der Waals surface area contributed by atoms with Gasteiger partial charge in [0.15, 0.2) is 31.7 Å². The molecule has 0 spiro atoms. The third-order valence-electron chi connectivity index (χ3n) is 5.06. The molecule has 72 heteroatoms. The van der Waals surface area contributed by atoms with Gasteiger partial charge in [0.05, 0.1) is 31.8 Å². The molecule has 0 radical (unpaired) electrons. The molecule has 0 saturated carbocycles. The first kappa shape index (κ1) is 177. The van der Waals surface area contributed by atoms with E-state index in [1.54, 1.807) is 0 Å². The van der Waals surface area contributed by atoms with Crippen molar-refractivity contribution < 1.29 is 316 Å². The number of alkyl halides is 63. The van der Waals surface area contributed by atoms with E-state index in [0.717, 1.165) is 6.92 Å². The van der Waals surface area contributed by atoms with Crippen LogP contribution in [0.15, 0.2) is 124 Å². The lowest BCUT2D eigenvalue weighted by Crippen LogP contribution is -2.61. The highest BCUT2D eigenvalue weighted by Crippen LogP contribution is 2.60. The lowest BCUT2D eigenvalue weighted by atomic mass is 9.87. The molecule has 0 aliphatic rings. The van der Waals surface area contributed by atoms with Gasteiger partial charge in [0.1, 0.15) is 29.4 Å². The van der Waals surface area contributed by atoms with Gasteiger partial charge in [0.25, 0.3) is 0 Å². The van der Waals surface area contributed by atoms with E-state index < -0.39 is 226 Å². The highest BCUT2D eigenvalue weighted by Gasteiger charge is 2.83. The molecule has 0 unspecified atom stereocenters. The fourth-order valence-electron chi connectivity index (χ4n) is 1.59. The fourth-order valence-corrected chi connectivity index (χ4v) is 1.59. The van der Waals surface area contributed by atoms with Gasteiger partial charge in [-0.25, -0.2) is 127 Å². The molecule has 0 aromatic rings. The molecular formula is C51H56F72. The Morgan fingerprint density at radius 2 is 0.439 bits per heavy atom. The summed E-state index contributed by atoms with van der Waals surface area (Å²) in [5.41, 5.74) is -14.7. The molecule has 0 amide bonds. The molecule has 0 nitrogen and oxygen atoms in total. The van der Waals surface area contributed by atoms with Crippen LogP contribution >= 0.6 is 0 Å². The molecule has 0 aromatic carbocycles. The van der Waals surface area contributed by atoms with Crippen molar-refractivity contribution in [2.24, 2.45) is 0 Å². The van der Waals surface area contributed by atoms with Crippen LogP contribution in [0.1, 0.15) is 27.2 Å². The van der Waals surface area contributed by atoms with Gasteiger partial charge in [-0.3, -0.25) is 4.39 Å². The van der Waals surface area contributed by atoms with Gasteiger partial charge in [-0.15, -0.1) is 43.9 Å². The summed E-state index contributed by atoms with van der Waals surface area (Å²) < 4.78 is 774. The minimum Gasteiger partial charge on any atom is -0.255 e. The van der Waals surface area contributed by atoms with Crippen LogP contribution in [0, 0.1) is 0 Å². The first-order chi connectivity index (χ1) is 54.0. The Bertz CT molecular complexity index is 2180. The van der Waals surface area contributed by atoms with Gasteiger partial charge in [0, 0.05) is 6.08 Å². The zero-order chi connectivity index (χ0) is 107. The van der Waals surface area contributed by atoms with Crippen molar-refractivity contribution in [1.82, 2.24) is 0 Å². The van der Waals surface area contributed by atoms with Crippen LogP contribution in [0.4, 0.5) is 316 Å². The number of hydrogen-bond donors (Lipinski definition) is 0. The van der Waals surface area contributed by atoms with E-state index >= 15 is 0 Å². The van der Waals surface area contributed by atoms with Gasteiger partial charge in [-0.2, -0.15) is 167 Å². The molecule has 0 fully saturated rings. The molecular weight excluding hydrogens is 1980 g/mol. The van der Waals surface area contributed by atoms with Crippen molar-refractivity contribution in [3.05, 3.63) is 124 Å². The second-order valence-electron chi connectivity index (χ2n) is 13.8. The number of halogens is 72. The Labute approximate surface area is 642 Å². The normalized spacial score (nSPS) is 11.4. The van der Waals surface area contributed by atoms with Crippen LogP contribution in [-0.2, 0) is 0 Å². The monoisotopic (exact) mass is 2040 g/mol. The minimum atomic E-state index is -7.97. The van der Waals surface area contributed by atoms with Crippen LogP contribution < -0.4 is 0 Å². The summed E-state index contributed by atoms with van der Waals surface area (Å²) in [5, 5.41) is 0. The van der Waals surface area contributed by atoms with Crippen LogP contribution in [-0.4, -0.2) is 175 Å². The topological polar surface area (TPSA) is 0 Å². The van der Waals surface area contributed by atoms with E-state index in [4.69, 9.17) is 0 Å². The Hall–Kier alpha value is -7.64. The maximum atomic E-state index is 13.2. The molecule has 0 aromatic heterocycles. The summed E-state index contributed by atoms with van der Waals surface area (Å²) in [4.78, 5) is 0. The summed E-state index contributed by atoms with van der Waals surface area (Å²) in [6.07, 6.45) is -75.1. The maximum Gasteiger partial charge on any atom is 0.559 e. The summed E-state index contributed by atoms with van der Waals surface area (Å²) in [6.45, 7) is 2.93. The van der Waals surface area contributed by atoms with E-state index in [1.807, 2.05) is 13.2 Å². The van der Waals surface area contributed by atoms with Gasteiger partial charge in [-0.1, -0.05) is 26.3 Å². The molecule has 0 rings (SSSR count). The third kappa shape index (κ3) is 203. The van der Waals surface area contributed by atoms with Crippen LogP contribution in [0.2, 0.25) is 0 Å². The summed E-state index contributed by atoms with van der Waals surface area (Å²) in [5.74, 6) is -21.5. The van der Waals surface area contributed by atoms with E-state index in [0.29, 0.717) is 21.0 Å². The highest BCUT2D eigenvalue weighted by atomic mass is 19.5. The molecule has 0 atom stereocenters. The Balaban J connectivity index is -0.0000000424. The van der Waals surface area contributed by atoms with E-state index in [-0.39, 0.29) is 18.7 Å². The Morgan fingerprint density at radius 3 is 0.480 bits per heavy atom. The quantitative estimate of drug-likeness (QED) is 0.195.